The Morgan fingerprint density at radius 3 is 2.72 bits per heavy atom. The maximum atomic E-state index is 6.12. The second-order valence-electron chi connectivity index (χ2n) is 5.83. The Hall–Kier alpha value is -0.860. The average Bonchev–Trinajstić information content (AvgIpc) is 2.47. The van der Waals surface area contributed by atoms with Crippen LogP contribution in [0.15, 0.2) is 18.2 Å². The van der Waals surface area contributed by atoms with Crippen molar-refractivity contribution < 1.29 is 4.74 Å². The van der Waals surface area contributed by atoms with E-state index < -0.39 is 0 Å². The zero-order valence-electron chi connectivity index (χ0n) is 11.1. The number of fused-ring (bicyclic) bond motifs is 1. The molecule has 2 aliphatic rings. The molecule has 1 fully saturated rings. The van der Waals surface area contributed by atoms with E-state index in [-0.39, 0.29) is 5.41 Å². The van der Waals surface area contributed by atoms with Crippen molar-refractivity contribution in [2.75, 3.05) is 13.2 Å². The van der Waals surface area contributed by atoms with Crippen molar-refractivity contribution in [3.63, 3.8) is 0 Å². The van der Waals surface area contributed by atoms with E-state index in [1.807, 2.05) is 0 Å². The van der Waals surface area contributed by atoms with Crippen molar-refractivity contribution in [2.45, 2.75) is 50.5 Å². The fraction of sp³-hybridized carbons (Fsp3) is 0.625. The highest BCUT2D eigenvalue weighted by atomic mass is 16.5. The van der Waals surface area contributed by atoms with Crippen LogP contribution < -0.4 is 5.73 Å². The Morgan fingerprint density at radius 2 is 1.94 bits per heavy atom. The van der Waals surface area contributed by atoms with Crippen LogP contribution in [0.3, 0.4) is 0 Å². The van der Waals surface area contributed by atoms with E-state index in [4.69, 9.17) is 10.5 Å². The van der Waals surface area contributed by atoms with Gasteiger partial charge in [0.05, 0.1) is 13.2 Å². The lowest BCUT2D eigenvalue weighted by atomic mass is 9.69. The molecule has 1 aliphatic heterocycles. The molecule has 0 saturated heterocycles. The Labute approximate surface area is 110 Å². The van der Waals surface area contributed by atoms with Gasteiger partial charge in [-0.25, -0.2) is 0 Å². The SMILES string of the molecule is NCC1(c2ccc3c(c2)CCOC3)CCCCC1. The van der Waals surface area contributed by atoms with Gasteiger partial charge in [-0.05, 0) is 36.0 Å². The van der Waals surface area contributed by atoms with Gasteiger partial charge in [0.1, 0.15) is 0 Å². The average molecular weight is 245 g/mol. The Bertz CT molecular complexity index is 421. The number of hydrogen-bond acceptors (Lipinski definition) is 2. The second-order valence-corrected chi connectivity index (χ2v) is 5.83. The summed E-state index contributed by atoms with van der Waals surface area (Å²) in [6.07, 6.45) is 7.62. The molecule has 0 radical (unpaired) electrons. The van der Waals surface area contributed by atoms with Crippen molar-refractivity contribution in [2.24, 2.45) is 5.73 Å². The monoisotopic (exact) mass is 245 g/mol. The molecular formula is C16H23NO. The van der Waals surface area contributed by atoms with Gasteiger partial charge >= 0.3 is 0 Å². The molecular weight excluding hydrogens is 222 g/mol. The lowest BCUT2D eigenvalue weighted by Crippen LogP contribution is -2.37. The topological polar surface area (TPSA) is 35.2 Å². The first kappa shape index (κ1) is 12.2. The largest absolute Gasteiger partial charge is 0.376 e. The zero-order chi connectivity index (χ0) is 12.4. The highest BCUT2D eigenvalue weighted by Crippen LogP contribution is 2.39. The highest BCUT2D eigenvalue weighted by molar-refractivity contribution is 5.37. The van der Waals surface area contributed by atoms with Gasteiger partial charge in [0, 0.05) is 12.0 Å². The summed E-state index contributed by atoms with van der Waals surface area (Å²) in [5.41, 5.74) is 10.7. The van der Waals surface area contributed by atoms with Gasteiger partial charge in [0.15, 0.2) is 0 Å². The number of hydrogen-bond donors (Lipinski definition) is 1. The van der Waals surface area contributed by atoms with Crippen LogP contribution >= 0.6 is 0 Å². The van der Waals surface area contributed by atoms with Crippen LogP contribution in [-0.2, 0) is 23.2 Å². The van der Waals surface area contributed by atoms with Crippen molar-refractivity contribution in [3.05, 3.63) is 34.9 Å². The zero-order valence-corrected chi connectivity index (χ0v) is 11.1. The minimum atomic E-state index is 0.256. The summed E-state index contributed by atoms with van der Waals surface area (Å²) in [5.74, 6) is 0. The summed E-state index contributed by atoms with van der Waals surface area (Å²) >= 11 is 0. The molecule has 0 atom stereocenters. The predicted molar refractivity (Wildman–Crippen MR) is 73.6 cm³/mol. The van der Waals surface area contributed by atoms with Crippen LogP contribution in [0.4, 0.5) is 0 Å². The smallest absolute Gasteiger partial charge is 0.0719 e. The van der Waals surface area contributed by atoms with E-state index >= 15 is 0 Å². The molecule has 0 amide bonds. The van der Waals surface area contributed by atoms with Crippen molar-refractivity contribution in [1.29, 1.82) is 0 Å². The molecule has 2 heteroatoms. The van der Waals surface area contributed by atoms with Crippen LogP contribution in [0.5, 0.6) is 0 Å². The fourth-order valence-corrected chi connectivity index (χ4v) is 3.53. The van der Waals surface area contributed by atoms with Gasteiger partial charge in [0.2, 0.25) is 0 Å². The molecule has 2 nitrogen and oxygen atoms in total. The summed E-state index contributed by atoms with van der Waals surface area (Å²) in [4.78, 5) is 0. The lowest BCUT2D eigenvalue weighted by molar-refractivity contribution is 0.110. The van der Waals surface area contributed by atoms with Crippen LogP contribution in [0.2, 0.25) is 0 Å². The normalized spacial score (nSPS) is 22.5. The predicted octanol–water partition coefficient (Wildman–Crippen LogP) is 2.92. The molecule has 1 aromatic rings. The van der Waals surface area contributed by atoms with Crippen LogP contribution in [-0.4, -0.2) is 13.2 Å². The molecule has 98 valence electrons. The standard InChI is InChI=1S/C16H23NO/c17-12-16(7-2-1-3-8-16)15-5-4-14-11-18-9-6-13(14)10-15/h4-5,10H,1-3,6-9,11-12,17H2. The second kappa shape index (κ2) is 5.02. The Balaban J connectivity index is 1.94. The third-order valence-corrected chi connectivity index (χ3v) is 4.79. The molecule has 3 rings (SSSR count). The first-order valence-electron chi connectivity index (χ1n) is 7.24. The van der Waals surface area contributed by atoms with Gasteiger partial charge in [0.25, 0.3) is 0 Å². The van der Waals surface area contributed by atoms with E-state index in [0.717, 1.165) is 26.2 Å². The fourth-order valence-electron chi connectivity index (χ4n) is 3.53. The van der Waals surface area contributed by atoms with Gasteiger partial charge in [-0.1, -0.05) is 37.5 Å². The van der Waals surface area contributed by atoms with Crippen molar-refractivity contribution in [1.82, 2.24) is 0 Å². The number of rotatable bonds is 2. The first-order valence-corrected chi connectivity index (χ1v) is 7.24. The van der Waals surface area contributed by atoms with Gasteiger partial charge in [-0.3, -0.25) is 0 Å². The molecule has 0 spiro atoms. The van der Waals surface area contributed by atoms with Crippen LogP contribution in [0.1, 0.15) is 48.8 Å². The van der Waals surface area contributed by atoms with Gasteiger partial charge in [-0.15, -0.1) is 0 Å². The van der Waals surface area contributed by atoms with E-state index in [2.05, 4.69) is 18.2 Å². The number of benzene rings is 1. The third kappa shape index (κ3) is 2.08. The molecule has 1 aromatic carbocycles. The minimum absolute atomic E-state index is 0.256. The molecule has 0 aromatic heterocycles. The van der Waals surface area contributed by atoms with Crippen molar-refractivity contribution in [3.8, 4) is 0 Å². The van der Waals surface area contributed by atoms with Crippen molar-refractivity contribution >= 4 is 0 Å². The maximum Gasteiger partial charge on any atom is 0.0719 e. The van der Waals surface area contributed by atoms with E-state index in [0.29, 0.717) is 0 Å². The van der Waals surface area contributed by atoms with E-state index in [1.54, 1.807) is 0 Å². The third-order valence-electron chi connectivity index (χ3n) is 4.79. The quantitative estimate of drug-likeness (QED) is 0.869. The van der Waals surface area contributed by atoms with Gasteiger partial charge in [-0.2, -0.15) is 0 Å². The number of nitrogens with two attached hydrogens (primary N) is 1. The van der Waals surface area contributed by atoms with Gasteiger partial charge < -0.3 is 10.5 Å². The molecule has 2 N–H and O–H groups in total. The minimum Gasteiger partial charge on any atom is -0.376 e. The van der Waals surface area contributed by atoms with Crippen LogP contribution in [0.25, 0.3) is 0 Å². The maximum absolute atomic E-state index is 6.12. The summed E-state index contributed by atoms with van der Waals surface area (Å²) in [6, 6.07) is 6.97. The summed E-state index contributed by atoms with van der Waals surface area (Å²) in [5, 5.41) is 0. The van der Waals surface area contributed by atoms with Crippen LogP contribution in [0, 0.1) is 0 Å². The lowest BCUT2D eigenvalue weighted by Gasteiger charge is -2.37. The first-order chi connectivity index (χ1) is 8.84. The highest BCUT2D eigenvalue weighted by Gasteiger charge is 2.32. The molecule has 1 saturated carbocycles. The van der Waals surface area contributed by atoms with E-state index in [1.165, 1.54) is 48.8 Å². The molecule has 0 bridgehead atoms. The summed E-state index contributed by atoms with van der Waals surface area (Å²) in [6.45, 7) is 2.44. The summed E-state index contributed by atoms with van der Waals surface area (Å²) < 4.78 is 5.51. The molecule has 18 heavy (non-hydrogen) atoms. The Kier molecular flexibility index (Phi) is 3.40. The molecule has 0 unspecified atom stereocenters. The van der Waals surface area contributed by atoms with E-state index in [9.17, 15) is 0 Å². The summed E-state index contributed by atoms with van der Waals surface area (Å²) in [7, 11) is 0. The molecule has 1 heterocycles. The number of ether oxygens (including phenoxy) is 1. The Morgan fingerprint density at radius 1 is 1.11 bits per heavy atom. The molecule has 1 aliphatic carbocycles.